The molecule has 2 rings (SSSR count). The molecule has 1 saturated carbocycles. The zero-order chi connectivity index (χ0) is 13.2. The van der Waals surface area contributed by atoms with E-state index in [2.05, 4.69) is 15.4 Å². The zero-order valence-electron chi connectivity index (χ0n) is 11.0. The molecule has 2 unspecified atom stereocenters. The van der Waals surface area contributed by atoms with Gasteiger partial charge in [0.15, 0.2) is 5.82 Å². The van der Waals surface area contributed by atoms with E-state index in [0.29, 0.717) is 13.0 Å². The minimum Gasteiger partial charge on any atom is -0.355 e. The standard InChI is InChI=1S/C12H21N5O/c1-12(6-3-4-9(12)13)11(18)14-7-5-10-15-8-17(2)16-10/h8-9H,3-7,13H2,1-2H3,(H,14,18). The van der Waals surface area contributed by atoms with Crippen molar-refractivity contribution < 1.29 is 4.79 Å². The molecule has 3 N–H and O–H groups in total. The smallest absolute Gasteiger partial charge is 0.227 e. The molecule has 1 amide bonds. The Hall–Kier alpha value is -1.43. The van der Waals surface area contributed by atoms with Gasteiger partial charge in [-0.1, -0.05) is 6.42 Å². The Morgan fingerprint density at radius 3 is 3.06 bits per heavy atom. The van der Waals surface area contributed by atoms with Crippen LogP contribution in [0, 0.1) is 5.41 Å². The van der Waals surface area contributed by atoms with E-state index >= 15 is 0 Å². The average Bonchev–Trinajstić information content (AvgIpc) is 2.88. The second-order valence-electron chi connectivity index (χ2n) is 5.26. The molecule has 1 fully saturated rings. The Labute approximate surface area is 107 Å². The van der Waals surface area contributed by atoms with Crippen molar-refractivity contribution in [3.8, 4) is 0 Å². The summed E-state index contributed by atoms with van der Waals surface area (Å²) in [6.07, 6.45) is 5.16. The van der Waals surface area contributed by atoms with E-state index in [1.54, 1.807) is 11.0 Å². The lowest BCUT2D eigenvalue weighted by Crippen LogP contribution is -2.47. The van der Waals surface area contributed by atoms with Crippen LogP contribution in [0.2, 0.25) is 0 Å². The molecule has 0 spiro atoms. The van der Waals surface area contributed by atoms with E-state index in [9.17, 15) is 4.79 Å². The van der Waals surface area contributed by atoms with Crippen molar-refractivity contribution >= 4 is 5.91 Å². The minimum atomic E-state index is -0.405. The van der Waals surface area contributed by atoms with Gasteiger partial charge in [-0.3, -0.25) is 9.48 Å². The van der Waals surface area contributed by atoms with Crippen LogP contribution < -0.4 is 11.1 Å². The van der Waals surface area contributed by atoms with E-state index in [1.165, 1.54) is 0 Å². The summed E-state index contributed by atoms with van der Waals surface area (Å²) in [5.74, 6) is 0.808. The first-order valence-corrected chi connectivity index (χ1v) is 6.41. The van der Waals surface area contributed by atoms with Crippen LogP contribution in [0.3, 0.4) is 0 Å². The molecular formula is C12H21N5O. The first-order chi connectivity index (χ1) is 8.52. The summed E-state index contributed by atoms with van der Waals surface area (Å²) in [6.45, 7) is 2.52. The number of rotatable bonds is 4. The van der Waals surface area contributed by atoms with Gasteiger partial charge in [-0.15, -0.1) is 0 Å². The number of nitrogens with two attached hydrogens (primary N) is 1. The van der Waals surface area contributed by atoms with Gasteiger partial charge in [-0.25, -0.2) is 4.98 Å². The number of amides is 1. The predicted octanol–water partition coefficient (Wildman–Crippen LogP) is -0.00870. The third-order valence-corrected chi connectivity index (χ3v) is 3.83. The van der Waals surface area contributed by atoms with Gasteiger partial charge in [0.2, 0.25) is 5.91 Å². The zero-order valence-corrected chi connectivity index (χ0v) is 11.0. The van der Waals surface area contributed by atoms with Crippen LogP contribution in [0.15, 0.2) is 6.33 Å². The van der Waals surface area contributed by atoms with Crippen molar-refractivity contribution in [3.05, 3.63) is 12.2 Å². The summed E-state index contributed by atoms with van der Waals surface area (Å²) in [6, 6.07) is -0.0227. The fourth-order valence-corrected chi connectivity index (χ4v) is 2.46. The number of carbonyl (C=O) groups is 1. The Morgan fingerprint density at radius 2 is 2.50 bits per heavy atom. The van der Waals surface area contributed by atoms with Crippen LogP contribution in [0.5, 0.6) is 0 Å². The first kappa shape index (κ1) is 13.0. The molecule has 0 radical (unpaired) electrons. The van der Waals surface area contributed by atoms with Gasteiger partial charge >= 0.3 is 0 Å². The van der Waals surface area contributed by atoms with E-state index < -0.39 is 5.41 Å². The third kappa shape index (κ3) is 2.53. The maximum Gasteiger partial charge on any atom is 0.227 e. The molecule has 1 aromatic heterocycles. The number of aromatic nitrogens is 3. The van der Waals surface area contributed by atoms with Crippen LogP contribution in [-0.4, -0.2) is 33.3 Å². The summed E-state index contributed by atoms with van der Waals surface area (Å²) in [5, 5.41) is 7.11. The molecule has 1 aliphatic rings. The van der Waals surface area contributed by atoms with Crippen LogP contribution in [0.25, 0.3) is 0 Å². The molecule has 2 atom stereocenters. The van der Waals surface area contributed by atoms with Gasteiger partial charge in [0.25, 0.3) is 0 Å². The lowest BCUT2D eigenvalue weighted by Gasteiger charge is -2.27. The fourth-order valence-electron chi connectivity index (χ4n) is 2.46. The lowest BCUT2D eigenvalue weighted by atomic mass is 9.84. The number of nitrogens with zero attached hydrogens (tertiary/aromatic N) is 3. The first-order valence-electron chi connectivity index (χ1n) is 6.41. The van der Waals surface area contributed by atoms with Gasteiger partial charge in [-0.05, 0) is 19.8 Å². The van der Waals surface area contributed by atoms with Crippen molar-refractivity contribution in [2.45, 2.75) is 38.6 Å². The van der Waals surface area contributed by atoms with Crippen LogP contribution >= 0.6 is 0 Å². The second-order valence-corrected chi connectivity index (χ2v) is 5.26. The highest BCUT2D eigenvalue weighted by molar-refractivity contribution is 5.83. The molecule has 1 aliphatic carbocycles. The second kappa shape index (κ2) is 5.06. The van der Waals surface area contributed by atoms with Crippen molar-refractivity contribution in [1.29, 1.82) is 0 Å². The van der Waals surface area contributed by atoms with Gasteiger partial charge in [0, 0.05) is 26.1 Å². The number of hydrogen-bond acceptors (Lipinski definition) is 4. The molecule has 0 aliphatic heterocycles. The summed E-state index contributed by atoms with van der Waals surface area (Å²) in [5.41, 5.74) is 5.61. The van der Waals surface area contributed by atoms with Crippen molar-refractivity contribution in [1.82, 2.24) is 20.1 Å². The Balaban J connectivity index is 1.81. The van der Waals surface area contributed by atoms with E-state index in [0.717, 1.165) is 25.1 Å². The van der Waals surface area contributed by atoms with Crippen molar-refractivity contribution in [2.75, 3.05) is 6.54 Å². The Bertz CT molecular complexity index is 430. The fraction of sp³-hybridized carbons (Fsp3) is 0.750. The molecular weight excluding hydrogens is 230 g/mol. The predicted molar refractivity (Wildman–Crippen MR) is 67.7 cm³/mol. The molecule has 0 bridgehead atoms. The van der Waals surface area contributed by atoms with Crippen LogP contribution in [0.1, 0.15) is 32.0 Å². The molecule has 18 heavy (non-hydrogen) atoms. The molecule has 6 nitrogen and oxygen atoms in total. The van der Waals surface area contributed by atoms with Gasteiger partial charge in [-0.2, -0.15) is 5.10 Å². The van der Waals surface area contributed by atoms with Crippen molar-refractivity contribution in [3.63, 3.8) is 0 Å². The molecule has 1 heterocycles. The molecule has 0 saturated heterocycles. The SMILES string of the molecule is Cn1cnc(CCNC(=O)C2(C)CCCC2N)n1. The third-order valence-electron chi connectivity index (χ3n) is 3.83. The average molecular weight is 251 g/mol. The van der Waals surface area contributed by atoms with Gasteiger partial charge in [0.1, 0.15) is 6.33 Å². The maximum absolute atomic E-state index is 12.1. The monoisotopic (exact) mass is 251 g/mol. The van der Waals surface area contributed by atoms with E-state index in [4.69, 9.17) is 5.73 Å². The summed E-state index contributed by atoms with van der Waals surface area (Å²) >= 11 is 0. The minimum absolute atomic E-state index is 0.0227. The molecule has 100 valence electrons. The topological polar surface area (TPSA) is 85.8 Å². The van der Waals surface area contributed by atoms with Gasteiger partial charge in [0.05, 0.1) is 5.41 Å². The van der Waals surface area contributed by atoms with Crippen molar-refractivity contribution in [2.24, 2.45) is 18.2 Å². The number of aryl methyl sites for hydroxylation is 1. The molecule has 1 aromatic rings. The van der Waals surface area contributed by atoms with Gasteiger partial charge < -0.3 is 11.1 Å². The number of nitrogens with one attached hydrogen (secondary N) is 1. The highest BCUT2D eigenvalue weighted by atomic mass is 16.2. The summed E-state index contributed by atoms with van der Waals surface area (Å²) in [4.78, 5) is 16.3. The molecule has 6 heteroatoms. The Morgan fingerprint density at radius 1 is 1.72 bits per heavy atom. The van der Waals surface area contributed by atoms with E-state index in [1.807, 2.05) is 14.0 Å². The summed E-state index contributed by atoms with van der Waals surface area (Å²) in [7, 11) is 1.83. The maximum atomic E-state index is 12.1. The quantitative estimate of drug-likeness (QED) is 0.788. The van der Waals surface area contributed by atoms with E-state index in [-0.39, 0.29) is 11.9 Å². The largest absolute Gasteiger partial charge is 0.355 e. The number of carbonyl (C=O) groups excluding carboxylic acids is 1. The normalized spacial score (nSPS) is 27.4. The lowest BCUT2D eigenvalue weighted by molar-refractivity contribution is -0.130. The highest BCUT2D eigenvalue weighted by Crippen LogP contribution is 2.36. The Kier molecular flexibility index (Phi) is 3.65. The highest BCUT2D eigenvalue weighted by Gasteiger charge is 2.42. The summed E-state index contributed by atoms with van der Waals surface area (Å²) < 4.78 is 1.66. The van der Waals surface area contributed by atoms with Crippen LogP contribution in [0.4, 0.5) is 0 Å². The number of hydrogen-bond donors (Lipinski definition) is 2. The van der Waals surface area contributed by atoms with Crippen LogP contribution in [-0.2, 0) is 18.3 Å². The molecule has 0 aromatic carbocycles.